The van der Waals surface area contributed by atoms with Crippen molar-refractivity contribution in [1.29, 1.82) is 0 Å². The van der Waals surface area contributed by atoms with Crippen LogP contribution in [0.25, 0.3) is 0 Å². The lowest BCUT2D eigenvalue weighted by atomic mass is 10.5. The second-order valence-electron chi connectivity index (χ2n) is 2.92. The van der Waals surface area contributed by atoms with E-state index in [2.05, 4.69) is 29.3 Å². The van der Waals surface area contributed by atoms with E-state index in [1.165, 1.54) is 12.5 Å². The summed E-state index contributed by atoms with van der Waals surface area (Å²) < 4.78 is 9.30. The smallest absolute Gasteiger partial charge is 0.124 e. The number of nitrogens with zero attached hydrogens (tertiary/aromatic N) is 4. The summed E-state index contributed by atoms with van der Waals surface area (Å²) in [6, 6.07) is 3.48. The van der Waals surface area contributed by atoms with Crippen LogP contribution in [0, 0.1) is 0 Å². The molecule has 0 aliphatic rings. The third-order valence-corrected chi connectivity index (χ3v) is 1.72. The average Bonchev–Trinajstić information content (AvgIpc) is 2.96. The van der Waals surface area contributed by atoms with Crippen LogP contribution in [0.15, 0.2) is 43.7 Å². The summed E-state index contributed by atoms with van der Waals surface area (Å²) in [7, 11) is 0. The second kappa shape index (κ2) is 5.59. The molecule has 0 saturated carbocycles. The van der Waals surface area contributed by atoms with Crippen LogP contribution in [-0.2, 0) is 0 Å². The van der Waals surface area contributed by atoms with Crippen molar-refractivity contribution in [3.8, 4) is 0 Å². The topological polar surface area (TPSA) is 76.8 Å². The van der Waals surface area contributed by atoms with Crippen LogP contribution in [0.4, 0.5) is 0 Å². The van der Waals surface area contributed by atoms with Gasteiger partial charge in [-0.1, -0.05) is 10.3 Å². The highest BCUT2D eigenvalue weighted by atomic mass is 16.5. The van der Waals surface area contributed by atoms with Gasteiger partial charge in [-0.15, -0.1) is 0 Å². The van der Waals surface area contributed by atoms with E-state index in [1.54, 1.807) is 24.6 Å². The Balaban J connectivity index is 1.69. The summed E-state index contributed by atoms with van der Waals surface area (Å²) in [6.45, 7) is 1.20. The molecule has 0 N–H and O–H groups in total. The van der Waals surface area contributed by atoms with Gasteiger partial charge in [0.25, 0.3) is 0 Å². The van der Waals surface area contributed by atoms with Gasteiger partial charge in [-0.2, -0.15) is 0 Å². The van der Waals surface area contributed by atoms with Crippen molar-refractivity contribution in [3.05, 3.63) is 36.0 Å². The fourth-order valence-electron chi connectivity index (χ4n) is 1.01. The summed E-state index contributed by atoms with van der Waals surface area (Å²) in [5.41, 5.74) is 1.42. The number of aromatic nitrogens is 2. The van der Waals surface area contributed by atoms with Crippen molar-refractivity contribution in [2.75, 3.05) is 13.1 Å². The third-order valence-electron chi connectivity index (χ3n) is 1.72. The molecule has 2 aromatic rings. The summed E-state index contributed by atoms with van der Waals surface area (Å²) in [6.07, 6.45) is 6.30. The number of hydrogen-bond acceptors (Lipinski definition) is 6. The largest absolute Gasteiger partial charge is 0.364 e. The molecule has 6 heteroatoms. The minimum absolute atomic E-state index is 0.598. The van der Waals surface area contributed by atoms with Crippen molar-refractivity contribution >= 4 is 12.4 Å². The van der Waals surface area contributed by atoms with Gasteiger partial charge in [0, 0.05) is 12.1 Å². The lowest BCUT2D eigenvalue weighted by Crippen LogP contribution is -1.90. The molecule has 2 aromatic heterocycles. The molecule has 0 aliphatic heterocycles. The zero-order valence-corrected chi connectivity index (χ0v) is 8.48. The highest BCUT2D eigenvalue weighted by Crippen LogP contribution is 1.90. The molecule has 0 amide bonds. The Kier molecular flexibility index (Phi) is 3.60. The summed E-state index contributed by atoms with van der Waals surface area (Å²) in [5.74, 6) is 0. The summed E-state index contributed by atoms with van der Waals surface area (Å²) in [4.78, 5) is 8.26. The minimum Gasteiger partial charge on any atom is -0.364 e. The predicted octanol–water partition coefficient (Wildman–Crippen LogP) is 1.20. The zero-order chi connectivity index (χ0) is 11.1. The molecule has 82 valence electrons. The molecule has 0 aliphatic carbocycles. The quantitative estimate of drug-likeness (QED) is 0.558. The van der Waals surface area contributed by atoms with E-state index < -0.39 is 0 Å². The Morgan fingerprint density at radius 1 is 0.938 bits per heavy atom. The first-order valence-electron chi connectivity index (χ1n) is 4.75. The van der Waals surface area contributed by atoms with Gasteiger partial charge in [-0.05, 0) is 0 Å². The molecule has 6 nitrogen and oxygen atoms in total. The Morgan fingerprint density at radius 2 is 1.44 bits per heavy atom. The normalized spacial score (nSPS) is 11.8. The highest BCUT2D eigenvalue weighted by Gasteiger charge is 1.89. The van der Waals surface area contributed by atoms with E-state index in [0.717, 1.165) is 0 Å². The van der Waals surface area contributed by atoms with Gasteiger partial charge >= 0.3 is 0 Å². The van der Waals surface area contributed by atoms with Crippen LogP contribution >= 0.6 is 0 Å². The molecular weight excluding hydrogens is 208 g/mol. The van der Waals surface area contributed by atoms with Crippen LogP contribution in [0.1, 0.15) is 11.4 Å². The molecule has 0 bridgehead atoms. The van der Waals surface area contributed by atoms with Crippen molar-refractivity contribution < 1.29 is 9.05 Å². The van der Waals surface area contributed by atoms with Crippen LogP contribution in [0.2, 0.25) is 0 Å². The van der Waals surface area contributed by atoms with Crippen molar-refractivity contribution in [3.63, 3.8) is 0 Å². The van der Waals surface area contributed by atoms with E-state index >= 15 is 0 Å². The van der Waals surface area contributed by atoms with Gasteiger partial charge in [0.2, 0.25) is 0 Å². The maximum atomic E-state index is 4.65. The average molecular weight is 218 g/mol. The van der Waals surface area contributed by atoms with E-state index in [0.29, 0.717) is 24.5 Å². The molecule has 0 unspecified atom stereocenters. The van der Waals surface area contributed by atoms with Crippen LogP contribution in [0.5, 0.6) is 0 Å². The first kappa shape index (κ1) is 10.3. The van der Waals surface area contributed by atoms with E-state index in [9.17, 15) is 0 Å². The number of hydrogen-bond donors (Lipinski definition) is 0. The molecule has 0 saturated heterocycles. The standard InChI is InChI=1S/C10H10N4O2/c1-5-15-13-9(1)7-11-3-4-12-8-10-2-6-16-14-10/h1-2,5-8H,3-4H2. The lowest BCUT2D eigenvalue weighted by molar-refractivity contribution is 0.418. The number of rotatable bonds is 5. The lowest BCUT2D eigenvalue weighted by Gasteiger charge is -1.86. The monoisotopic (exact) mass is 218 g/mol. The molecule has 0 aromatic carbocycles. The van der Waals surface area contributed by atoms with Crippen LogP contribution in [0.3, 0.4) is 0 Å². The summed E-state index contributed by atoms with van der Waals surface area (Å²) in [5, 5.41) is 7.38. The Hall–Kier alpha value is -2.24. The van der Waals surface area contributed by atoms with Crippen LogP contribution < -0.4 is 0 Å². The molecule has 0 atom stereocenters. The Morgan fingerprint density at radius 3 is 1.81 bits per heavy atom. The van der Waals surface area contributed by atoms with Gasteiger partial charge < -0.3 is 9.05 Å². The second-order valence-corrected chi connectivity index (χ2v) is 2.92. The highest BCUT2D eigenvalue weighted by molar-refractivity contribution is 5.77. The molecule has 2 rings (SSSR count). The van der Waals surface area contributed by atoms with Crippen molar-refractivity contribution in [2.24, 2.45) is 9.98 Å². The van der Waals surface area contributed by atoms with E-state index in [4.69, 9.17) is 0 Å². The number of aliphatic imine (C=N–C) groups is 2. The maximum absolute atomic E-state index is 4.65. The third kappa shape index (κ3) is 3.16. The SMILES string of the molecule is C(=NCCN=Cc1ccon1)c1ccon1. The summed E-state index contributed by atoms with van der Waals surface area (Å²) >= 11 is 0. The van der Waals surface area contributed by atoms with Gasteiger partial charge in [0.15, 0.2) is 0 Å². The molecule has 16 heavy (non-hydrogen) atoms. The Bertz CT molecular complexity index is 401. The van der Waals surface area contributed by atoms with Crippen molar-refractivity contribution in [2.45, 2.75) is 0 Å². The van der Waals surface area contributed by atoms with Crippen molar-refractivity contribution in [1.82, 2.24) is 10.3 Å². The molecule has 0 fully saturated rings. The first-order chi connectivity index (χ1) is 7.95. The van der Waals surface area contributed by atoms with Gasteiger partial charge in [-0.3, -0.25) is 9.98 Å². The van der Waals surface area contributed by atoms with Gasteiger partial charge in [0.1, 0.15) is 23.9 Å². The molecule has 0 radical (unpaired) electrons. The van der Waals surface area contributed by atoms with Crippen LogP contribution in [-0.4, -0.2) is 35.8 Å². The molecular formula is C10H10N4O2. The minimum atomic E-state index is 0.598. The van der Waals surface area contributed by atoms with E-state index in [1.807, 2.05) is 0 Å². The van der Waals surface area contributed by atoms with Gasteiger partial charge in [0.05, 0.1) is 25.5 Å². The van der Waals surface area contributed by atoms with Gasteiger partial charge in [-0.25, -0.2) is 0 Å². The zero-order valence-electron chi connectivity index (χ0n) is 8.48. The molecule has 2 heterocycles. The molecule has 0 spiro atoms. The maximum Gasteiger partial charge on any atom is 0.124 e. The fourth-order valence-corrected chi connectivity index (χ4v) is 1.01. The fraction of sp³-hybridized carbons (Fsp3) is 0.200. The first-order valence-corrected chi connectivity index (χ1v) is 4.75. The van der Waals surface area contributed by atoms with E-state index in [-0.39, 0.29) is 0 Å². The predicted molar refractivity (Wildman–Crippen MR) is 57.9 cm³/mol. The Labute approximate surface area is 91.7 Å².